The van der Waals surface area contributed by atoms with E-state index in [0.717, 1.165) is 61.6 Å². The Morgan fingerprint density at radius 3 is 2.66 bits per heavy atom. The van der Waals surface area contributed by atoms with E-state index >= 15 is 0 Å². The van der Waals surface area contributed by atoms with Gasteiger partial charge < -0.3 is 15.4 Å². The molecule has 1 fully saturated rings. The van der Waals surface area contributed by atoms with Crippen LogP contribution in [-0.4, -0.2) is 61.3 Å². The molecule has 1 aromatic heterocycles. The first-order chi connectivity index (χ1) is 13.7. The molecule has 8 heteroatoms. The highest BCUT2D eigenvalue weighted by Gasteiger charge is 2.17. The van der Waals surface area contributed by atoms with Crippen molar-refractivity contribution in [2.45, 2.75) is 33.4 Å². The summed E-state index contributed by atoms with van der Waals surface area (Å²) in [4.78, 5) is 13.2. The molecule has 0 bridgehead atoms. The molecule has 1 aromatic carbocycles. The molecule has 6 nitrogen and oxygen atoms in total. The van der Waals surface area contributed by atoms with Crippen LogP contribution in [0, 0.1) is 6.92 Å². The van der Waals surface area contributed by atoms with Gasteiger partial charge in [0, 0.05) is 42.7 Å². The van der Waals surface area contributed by atoms with Crippen LogP contribution < -0.4 is 10.6 Å². The van der Waals surface area contributed by atoms with Crippen molar-refractivity contribution in [3.05, 3.63) is 40.9 Å². The van der Waals surface area contributed by atoms with Crippen molar-refractivity contribution in [2.24, 2.45) is 4.99 Å². The highest BCUT2D eigenvalue weighted by atomic mass is 127. The van der Waals surface area contributed by atoms with Crippen molar-refractivity contribution in [2.75, 3.05) is 39.4 Å². The summed E-state index contributed by atoms with van der Waals surface area (Å²) < 4.78 is 5.44. The molecule has 1 unspecified atom stereocenters. The zero-order chi connectivity index (χ0) is 19.8. The topological polar surface area (TPSA) is 61.8 Å². The van der Waals surface area contributed by atoms with Gasteiger partial charge >= 0.3 is 0 Å². The highest BCUT2D eigenvalue weighted by Crippen LogP contribution is 2.28. The van der Waals surface area contributed by atoms with Gasteiger partial charge in [-0.1, -0.05) is 30.3 Å². The summed E-state index contributed by atoms with van der Waals surface area (Å²) in [5, 5.41) is 7.89. The highest BCUT2D eigenvalue weighted by molar-refractivity contribution is 14.0. The third-order valence-electron chi connectivity index (χ3n) is 4.87. The monoisotopic (exact) mass is 529 g/mol. The number of aliphatic imine (C=N–C) groups is 1. The van der Waals surface area contributed by atoms with Gasteiger partial charge in [0.1, 0.15) is 5.01 Å². The largest absolute Gasteiger partial charge is 0.379 e. The number of nitrogens with one attached hydrogen (secondary N) is 2. The number of ether oxygens (including phenoxy) is 1. The van der Waals surface area contributed by atoms with E-state index in [-0.39, 0.29) is 24.0 Å². The number of rotatable bonds is 7. The zero-order valence-electron chi connectivity index (χ0n) is 17.5. The van der Waals surface area contributed by atoms with Crippen LogP contribution in [0.1, 0.15) is 24.4 Å². The lowest BCUT2D eigenvalue weighted by Gasteiger charge is -2.32. The molecule has 2 heterocycles. The average molecular weight is 529 g/mol. The predicted octanol–water partition coefficient (Wildman–Crippen LogP) is 3.51. The van der Waals surface area contributed by atoms with Crippen LogP contribution >= 0.6 is 35.3 Å². The molecule has 0 spiro atoms. The SMILES string of the molecule is CCNC(=NCc1sc(-c2ccccc2)nc1C)NCC(C)N1CCOCC1.I. The summed E-state index contributed by atoms with van der Waals surface area (Å²) in [5.74, 6) is 0.858. The molecule has 0 saturated carbocycles. The number of halogens is 1. The Balaban J connectivity index is 0.00000300. The van der Waals surface area contributed by atoms with Crippen molar-refractivity contribution < 1.29 is 4.74 Å². The summed E-state index contributed by atoms with van der Waals surface area (Å²) in [5.41, 5.74) is 2.22. The van der Waals surface area contributed by atoms with Crippen molar-refractivity contribution in [1.29, 1.82) is 0 Å². The lowest BCUT2D eigenvalue weighted by atomic mass is 10.2. The Morgan fingerprint density at radius 2 is 1.97 bits per heavy atom. The number of hydrogen-bond donors (Lipinski definition) is 2. The lowest BCUT2D eigenvalue weighted by Crippen LogP contribution is -2.49. The van der Waals surface area contributed by atoms with E-state index in [0.29, 0.717) is 12.6 Å². The van der Waals surface area contributed by atoms with Gasteiger partial charge in [-0.25, -0.2) is 9.98 Å². The average Bonchev–Trinajstić information content (AvgIpc) is 3.11. The maximum atomic E-state index is 5.44. The minimum Gasteiger partial charge on any atom is -0.379 e. The van der Waals surface area contributed by atoms with Crippen molar-refractivity contribution in [3.63, 3.8) is 0 Å². The minimum absolute atomic E-state index is 0. The molecular formula is C21H32IN5OS. The number of nitrogens with zero attached hydrogens (tertiary/aromatic N) is 3. The predicted molar refractivity (Wildman–Crippen MR) is 132 cm³/mol. The van der Waals surface area contributed by atoms with Crippen molar-refractivity contribution >= 4 is 41.3 Å². The summed E-state index contributed by atoms with van der Waals surface area (Å²) in [6.45, 7) is 12.4. The Morgan fingerprint density at radius 1 is 1.24 bits per heavy atom. The molecule has 3 rings (SSSR count). The van der Waals surface area contributed by atoms with Gasteiger partial charge in [0.25, 0.3) is 0 Å². The summed E-state index contributed by atoms with van der Waals surface area (Å²) >= 11 is 1.72. The normalized spacial score (nSPS) is 16.2. The second kappa shape index (κ2) is 12.5. The van der Waals surface area contributed by atoms with Crippen LogP contribution in [0.5, 0.6) is 0 Å². The number of morpholine rings is 1. The molecular weight excluding hydrogens is 497 g/mol. The quantitative estimate of drug-likeness (QED) is 0.327. The molecule has 29 heavy (non-hydrogen) atoms. The number of guanidine groups is 1. The smallest absolute Gasteiger partial charge is 0.191 e. The summed E-state index contributed by atoms with van der Waals surface area (Å²) in [6.07, 6.45) is 0. The third kappa shape index (κ3) is 7.20. The van der Waals surface area contributed by atoms with Crippen LogP contribution in [0.15, 0.2) is 35.3 Å². The van der Waals surface area contributed by atoms with E-state index < -0.39 is 0 Å². The summed E-state index contributed by atoms with van der Waals surface area (Å²) in [6, 6.07) is 10.8. The fourth-order valence-electron chi connectivity index (χ4n) is 3.16. The van der Waals surface area contributed by atoms with Gasteiger partial charge in [0.2, 0.25) is 0 Å². The lowest BCUT2D eigenvalue weighted by molar-refractivity contribution is 0.0211. The van der Waals surface area contributed by atoms with Crippen LogP contribution in [0.3, 0.4) is 0 Å². The van der Waals surface area contributed by atoms with Crippen molar-refractivity contribution in [1.82, 2.24) is 20.5 Å². The molecule has 2 N–H and O–H groups in total. The molecule has 1 aliphatic rings. The van der Waals surface area contributed by atoms with E-state index in [4.69, 9.17) is 14.7 Å². The summed E-state index contributed by atoms with van der Waals surface area (Å²) in [7, 11) is 0. The molecule has 0 aliphatic carbocycles. The van der Waals surface area contributed by atoms with Gasteiger partial charge in [-0.15, -0.1) is 35.3 Å². The number of hydrogen-bond acceptors (Lipinski definition) is 5. The first kappa shape index (κ1) is 24.0. The maximum Gasteiger partial charge on any atom is 0.191 e. The Hall–Kier alpha value is -1.23. The molecule has 1 saturated heterocycles. The number of aryl methyl sites for hydroxylation is 1. The van der Waals surface area contributed by atoms with E-state index in [9.17, 15) is 0 Å². The fraction of sp³-hybridized carbons (Fsp3) is 0.524. The number of aromatic nitrogens is 1. The van der Waals surface area contributed by atoms with Gasteiger partial charge in [-0.3, -0.25) is 4.90 Å². The second-order valence-corrected chi connectivity index (χ2v) is 8.05. The van der Waals surface area contributed by atoms with E-state index in [1.807, 2.05) is 18.2 Å². The van der Waals surface area contributed by atoms with Gasteiger partial charge in [-0.2, -0.15) is 0 Å². The number of thiazole rings is 1. The number of benzene rings is 1. The third-order valence-corrected chi connectivity index (χ3v) is 6.06. The van der Waals surface area contributed by atoms with Gasteiger partial charge in [-0.05, 0) is 20.8 Å². The van der Waals surface area contributed by atoms with Crippen LogP contribution in [0.25, 0.3) is 10.6 Å². The zero-order valence-corrected chi connectivity index (χ0v) is 20.6. The fourth-order valence-corrected chi connectivity index (χ4v) is 4.16. The molecule has 0 radical (unpaired) electrons. The first-order valence-electron chi connectivity index (χ1n) is 10.0. The van der Waals surface area contributed by atoms with Crippen LogP contribution in [0.2, 0.25) is 0 Å². The Bertz CT molecular complexity index is 762. The molecule has 2 aromatic rings. The molecule has 1 aliphatic heterocycles. The molecule has 160 valence electrons. The van der Waals surface area contributed by atoms with Crippen molar-refractivity contribution in [3.8, 4) is 10.6 Å². The van der Waals surface area contributed by atoms with Crippen LogP contribution in [-0.2, 0) is 11.3 Å². The van der Waals surface area contributed by atoms with Gasteiger partial charge in [0.15, 0.2) is 5.96 Å². The molecule has 1 atom stereocenters. The van der Waals surface area contributed by atoms with E-state index in [1.165, 1.54) is 4.88 Å². The Labute approximate surface area is 195 Å². The Kier molecular flexibility index (Phi) is 10.3. The van der Waals surface area contributed by atoms with E-state index in [2.05, 4.69) is 48.4 Å². The van der Waals surface area contributed by atoms with Gasteiger partial charge in [0.05, 0.1) is 25.5 Å². The standard InChI is InChI=1S/C21H31N5OS.HI/c1-4-22-21(23-14-16(2)26-10-12-27-13-11-26)24-15-19-17(3)25-20(28-19)18-8-6-5-7-9-18;/h5-9,16H,4,10-15H2,1-3H3,(H2,22,23,24);1H. The second-order valence-electron chi connectivity index (χ2n) is 6.97. The maximum absolute atomic E-state index is 5.44. The molecule has 0 amide bonds. The van der Waals surface area contributed by atoms with E-state index in [1.54, 1.807) is 11.3 Å². The first-order valence-corrected chi connectivity index (χ1v) is 10.8. The minimum atomic E-state index is 0. The van der Waals surface area contributed by atoms with Crippen LogP contribution in [0.4, 0.5) is 0 Å².